The summed E-state index contributed by atoms with van der Waals surface area (Å²) in [4.78, 5) is 27.5. The van der Waals surface area contributed by atoms with Crippen LogP contribution >= 0.6 is 0 Å². The predicted octanol–water partition coefficient (Wildman–Crippen LogP) is 1.96. The van der Waals surface area contributed by atoms with Crippen molar-refractivity contribution in [2.24, 2.45) is 10.9 Å². The Hall–Kier alpha value is -1.25. The maximum absolute atomic E-state index is 11.6. The number of rotatable bonds is 4. The van der Waals surface area contributed by atoms with Crippen molar-refractivity contribution < 1.29 is 9.59 Å². The molecule has 3 heteroatoms. The molecular formula is C12H17NO2. The van der Waals surface area contributed by atoms with E-state index >= 15 is 0 Å². The van der Waals surface area contributed by atoms with E-state index in [0.29, 0.717) is 32.2 Å². The lowest BCUT2D eigenvalue weighted by Gasteiger charge is -2.20. The van der Waals surface area contributed by atoms with E-state index < -0.39 is 5.92 Å². The Bertz CT molecular complexity index is 289. The molecule has 82 valence electrons. The molecule has 0 heterocycles. The average molecular weight is 207 g/mol. The van der Waals surface area contributed by atoms with Gasteiger partial charge in [-0.15, -0.1) is 6.58 Å². The summed E-state index contributed by atoms with van der Waals surface area (Å²) < 4.78 is 0. The number of Topliss-reactive ketones (excluding diaryl/α,β-unsaturated/α-hetero) is 2. The molecule has 15 heavy (non-hydrogen) atoms. The van der Waals surface area contributed by atoms with E-state index in [-0.39, 0.29) is 11.6 Å². The maximum atomic E-state index is 11.6. The van der Waals surface area contributed by atoms with Crippen molar-refractivity contribution in [3.63, 3.8) is 0 Å². The molecule has 1 rings (SSSR count). The van der Waals surface area contributed by atoms with E-state index in [4.69, 9.17) is 0 Å². The largest absolute Gasteiger partial charge is 0.298 e. The van der Waals surface area contributed by atoms with Gasteiger partial charge < -0.3 is 0 Å². The van der Waals surface area contributed by atoms with Gasteiger partial charge in [0, 0.05) is 18.6 Å². The number of ketones is 2. The third kappa shape index (κ3) is 2.85. The Morgan fingerprint density at radius 3 is 2.53 bits per heavy atom. The van der Waals surface area contributed by atoms with Crippen molar-refractivity contribution in [2.45, 2.75) is 32.6 Å². The fourth-order valence-corrected chi connectivity index (χ4v) is 1.87. The van der Waals surface area contributed by atoms with Gasteiger partial charge in [-0.1, -0.05) is 13.0 Å². The van der Waals surface area contributed by atoms with Gasteiger partial charge in [-0.3, -0.25) is 14.6 Å². The first-order chi connectivity index (χ1) is 7.20. The molecule has 1 aliphatic rings. The third-order valence-corrected chi connectivity index (χ3v) is 2.61. The van der Waals surface area contributed by atoms with Crippen molar-refractivity contribution in [3.05, 3.63) is 12.7 Å². The molecule has 0 bridgehead atoms. The quantitative estimate of drug-likeness (QED) is 0.402. The smallest absolute Gasteiger partial charge is 0.149 e. The van der Waals surface area contributed by atoms with Gasteiger partial charge in [-0.2, -0.15) is 0 Å². The molecule has 1 saturated carbocycles. The molecule has 0 saturated heterocycles. The van der Waals surface area contributed by atoms with Crippen LogP contribution in [0.25, 0.3) is 0 Å². The van der Waals surface area contributed by atoms with Gasteiger partial charge in [0.25, 0.3) is 0 Å². The summed E-state index contributed by atoms with van der Waals surface area (Å²) in [5.74, 6) is -0.476. The first kappa shape index (κ1) is 11.8. The molecule has 3 nitrogen and oxygen atoms in total. The Balaban J connectivity index is 2.85. The minimum absolute atomic E-state index is 0.0379. The molecule has 0 atom stereocenters. The van der Waals surface area contributed by atoms with Crippen molar-refractivity contribution in [2.75, 3.05) is 6.54 Å². The van der Waals surface area contributed by atoms with Crippen LogP contribution in [0.4, 0.5) is 0 Å². The minimum atomic E-state index is -0.552. The lowest BCUT2D eigenvalue weighted by molar-refractivity contribution is -0.132. The third-order valence-electron chi connectivity index (χ3n) is 2.61. The summed E-state index contributed by atoms with van der Waals surface area (Å²) in [6.45, 7) is 5.99. The fourth-order valence-electron chi connectivity index (χ4n) is 1.87. The molecule has 0 aliphatic heterocycles. The van der Waals surface area contributed by atoms with Crippen LogP contribution in [0.2, 0.25) is 0 Å². The maximum Gasteiger partial charge on any atom is 0.149 e. The average Bonchev–Trinajstić information content (AvgIpc) is 2.22. The summed E-state index contributed by atoms with van der Waals surface area (Å²) >= 11 is 0. The van der Waals surface area contributed by atoms with Crippen LogP contribution in [0.15, 0.2) is 17.6 Å². The summed E-state index contributed by atoms with van der Waals surface area (Å²) in [6.07, 6.45) is 4.07. The van der Waals surface area contributed by atoms with Crippen LogP contribution in [-0.2, 0) is 9.59 Å². The fraction of sp³-hybridized carbons (Fsp3) is 0.583. The van der Waals surface area contributed by atoms with E-state index in [1.54, 1.807) is 6.08 Å². The lowest BCUT2D eigenvalue weighted by Crippen LogP contribution is -2.35. The highest BCUT2D eigenvalue weighted by Gasteiger charge is 2.32. The van der Waals surface area contributed by atoms with Gasteiger partial charge in [0.15, 0.2) is 0 Å². The highest BCUT2D eigenvalue weighted by Crippen LogP contribution is 2.20. The Morgan fingerprint density at radius 1 is 1.47 bits per heavy atom. The van der Waals surface area contributed by atoms with Gasteiger partial charge in [-0.05, 0) is 12.8 Å². The second-order valence-electron chi connectivity index (χ2n) is 3.69. The summed E-state index contributed by atoms with van der Waals surface area (Å²) in [5.41, 5.74) is 0.726. The van der Waals surface area contributed by atoms with E-state index in [0.717, 1.165) is 5.71 Å². The zero-order valence-electron chi connectivity index (χ0n) is 9.16. The van der Waals surface area contributed by atoms with Crippen LogP contribution in [-0.4, -0.2) is 23.8 Å². The molecular weight excluding hydrogens is 190 g/mol. The van der Waals surface area contributed by atoms with Crippen molar-refractivity contribution >= 4 is 17.3 Å². The van der Waals surface area contributed by atoms with E-state index in [2.05, 4.69) is 11.6 Å². The van der Waals surface area contributed by atoms with Gasteiger partial charge in [0.05, 0.1) is 6.54 Å². The SMILES string of the molecule is C=CCN=C(CC)C1C(=O)CCCC1=O. The zero-order valence-corrected chi connectivity index (χ0v) is 9.16. The number of nitrogens with zero attached hydrogens (tertiary/aromatic N) is 1. The standard InChI is InChI=1S/C12H17NO2/c1-3-8-13-9(4-2)12-10(14)6-5-7-11(12)15/h3,12H,1,4-8H2,2H3. The highest BCUT2D eigenvalue weighted by atomic mass is 16.2. The number of aliphatic imine (C=N–C) groups is 1. The van der Waals surface area contributed by atoms with Crippen LogP contribution in [0.3, 0.4) is 0 Å². The van der Waals surface area contributed by atoms with Crippen molar-refractivity contribution in [1.82, 2.24) is 0 Å². The molecule has 1 fully saturated rings. The first-order valence-corrected chi connectivity index (χ1v) is 5.40. The summed E-state index contributed by atoms with van der Waals surface area (Å²) in [7, 11) is 0. The molecule has 0 N–H and O–H groups in total. The number of hydrogen-bond donors (Lipinski definition) is 0. The zero-order chi connectivity index (χ0) is 11.3. The van der Waals surface area contributed by atoms with Crippen LogP contribution in [0.5, 0.6) is 0 Å². The van der Waals surface area contributed by atoms with E-state index in [9.17, 15) is 9.59 Å². The van der Waals surface area contributed by atoms with Crippen molar-refractivity contribution in [1.29, 1.82) is 0 Å². The Labute approximate surface area is 90.3 Å². The second-order valence-corrected chi connectivity index (χ2v) is 3.69. The van der Waals surface area contributed by atoms with Gasteiger partial charge in [0.1, 0.15) is 17.5 Å². The lowest BCUT2D eigenvalue weighted by atomic mass is 9.82. The van der Waals surface area contributed by atoms with Crippen LogP contribution in [0.1, 0.15) is 32.6 Å². The minimum Gasteiger partial charge on any atom is -0.298 e. The van der Waals surface area contributed by atoms with Gasteiger partial charge in [0.2, 0.25) is 0 Å². The number of carbonyl (C=O) groups is 2. The molecule has 0 aromatic heterocycles. The monoisotopic (exact) mass is 207 g/mol. The number of carbonyl (C=O) groups excluding carboxylic acids is 2. The topological polar surface area (TPSA) is 46.5 Å². The number of hydrogen-bond acceptors (Lipinski definition) is 3. The first-order valence-electron chi connectivity index (χ1n) is 5.40. The van der Waals surface area contributed by atoms with Crippen LogP contribution < -0.4 is 0 Å². The molecule has 1 aliphatic carbocycles. The van der Waals surface area contributed by atoms with Gasteiger partial charge >= 0.3 is 0 Å². The van der Waals surface area contributed by atoms with Crippen LogP contribution in [0, 0.1) is 5.92 Å². The molecule has 0 aromatic rings. The van der Waals surface area contributed by atoms with E-state index in [1.807, 2.05) is 6.92 Å². The second kappa shape index (κ2) is 5.59. The van der Waals surface area contributed by atoms with Crippen molar-refractivity contribution in [3.8, 4) is 0 Å². The molecule has 0 aromatic carbocycles. The summed E-state index contributed by atoms with van der Waals surface area (Å²) in [6, 6.07) is 0. The molecule has 0 spiro atoms. The molecule has 0 amide bonds. The highest BCUT2D eigenvalue weighted by molar-refractivity contribution is 6.22. The van der Waals surface area contributed by atoms with Gasteiger partial charge in [-0.25, -0.2) is 0 Å². The Morgan fingerprint density at radius 2 is 2.07 bits per heavy atom. The normalized spacial score (nSPS) is 19.4. The molecule has 0 unspecified atom stereocenters. The van der Waals surface area contributed by atoms with E-state index in [1.165, 1.54) is 0 Å². The molecule has 0 radical (unpaired) electrons. The summed E-state index contributed by atoms with van der Waals surface area (Å²) in [5, 5.41) is 0. The Kier molecular flexibility index (Phi) is 4.40. The predicted molar refractivity (Wildman–Crippen MR) is 60.1 cm³/mol.